The number of nitrogens with one attached hydrogen (secondary N) is 3. The number of benzene rings is 2. The molecule has 2 heterocycles. The van der Waals surface area contributed by atoms with Gasteiger partial charge in [0.25, 0.3) is 0 Å². The number of halogens is 6. The number of hydrogen-bond acceptors (Lipinski definition) is 5. The van der Waals surface area contributed by atoms with Crippen molar-refractivity contribution in [3.8, 4) is 0 Å². The van der Waals surface area contributed by atoms with Crippen molar-refractivity contribution in [1.82, 2.24) is 19.9 Å². The number of anilines is 4. The highest BCUT2D eigenvalue weighted by atomic mass is 35.5. The van der Waals surface area contributed by atoms with E-state index in [1.165, 1.54) is 24.3 Å². The number of H-pyrrole nitrogens is 1. The summed E-state index contributed by atoms with van der Waals surface area (Å²) in [7, 11) is 0. The fourth-order valence-corrected chi connectivity index (χ4v) is 2.87. The second kappa shape index (κ2) is 7.62. The molecule has 4 rings (SSSR count). The zero-order valence-electron chi connectivity index (χ0n) is 14.7. The van der Waals surface area contributed by atoms with Gasteiger partial charge in [-0.05, 0) is 36.4 Å². The first-order valence-corrected chi connectivity index (χ1v) is 9.03. The van der Waals surface area contributed by atoms with Crippen molar-refractivity contribution in [2.24, 2.45) is 0 Å². The minimum absolute atomic E-state index is 0.0221. The fraction of sp³-hybridized carbons (Fsp3) is 0.0556. The number of hydrogen-bond donors (Lipinski definition) is 3. The third-order valence-electron chi connectivity index (χ3n) is 3.93. The Bertz CT molecular complexity index is 1240. The molecule has 2 aromatic carbocycles. The number of aromatic nitrogens is 4. The van der Waals surface area contributed by atoms with E-state index in [4.69, 9.17) is 23.2 Å². The maximum Gasteiger partial charge on any atom is 0.449 e. The van der Waals surface area contributed by atoms with Gasteiger partial charge in [0.2, 0.25) is 11.8 Å². The zero-order chi connectivity index (χ0) is 21.5. The lowest BCUT2D eigenvalue weighted by atomic mass is 10.3. The van der Waals surface area contributed by atoms with E-state index in [2.05, 4.69) is 30.6 Å². The van der Waals surface area contributed by atoms with E-state index in [0.717, 1.165) is 6.20 Å². The van der Waals surface area contributed by atoms with Gasteiger partial charge in [-0.1, -0.05) is 23.2 Å². The van der Waals surface area contributed by atoms with Crippen LogP contribution in [0.3, 0.4) is 0 Å². The van der Waals surface area contributed by atoms with Crippen LogP contribution in [0.2, 0.25) is 10.0 Å². The van der Waals surface area contributed by atoms with Crippen LogP contribution in [-0.4, -0.2) is 19.9 Å². The van der Waals surface area contributed by atoms with E-state index >= 15 is 0 Å². The normalized spacial score (nSPS) is 11.7. The van der Waals surface area contributed by atoms with Crippen LogP contribution in [0.25, 0.3) is 11.0 Å². The molecule has 30 heavy (non-hydrogen) atoms. The summed E-state index contributed by atoms with van der Waals surface area (Å²) in [6.45, 7) is 0. The molecule has 0 radical (unpaired) electrons. The minimum atomic E-state index is -4.59. The first-order chi connectivity index (χ1) is 14.2. The summed E-state index contributed by atoms with van der Waals surface area (Å²) in [5.41, 5.74) is 1.15. The standard InChI is InChI=1S/C18H10Cl2F4N6/c19-10-3-1-8(5-11(10)20)26-15-12(21)7-25-17(30-15)27-9-2-4-13-14(6-9)29-16(28-13)18(22,23)24/h1-7H,(H,28,29)(H2,25,26,27,30). The third-order valence-corrected chi connectivity index (χ3v) is 4.67. The van der Waals surface area contributed by atoms with Gasteiger partial charge >= 0.3 is 6.18 Å². The maximum atomic E-state index is 14.1. The quantitative estimate of drug-likeness (QED) is 0.314. The van der Waals surface area contributed by atoms with Gasteiger partial charge in [0.05, 0.1) is 27.3 Å². The molecule has 0 saturated carbocycles. The van der Waals surface area contributed by atoms with Crippen LogP contribution in [0.4, 0.5) is 40.7 Å². The Balaban J connectivity index is 1.58. The monoisotopic (exact) mass is 456 g/mol. The Morgan fingerprint density at radius 3 is 2.37 bits per heavy atom. The van der Waals surface area contributed by atoms with Crippen LogP contribution in [0.1, 0.15) is 5.82 Å². The second-order valence-corrected chi connectivity index (χ2v) is 6.90. The van der Waals surface area contributed by atoms with Gasteiger partial charge in [-0.2, -0.15) is 18.2 Å². The number of fused-ring (bicyclic) bond motifs is 1. The van der Waals surface area contributed by atoms with Crippen molar-refractivity contribution in [2.75, 3.05) is 10.6 Å². The number of rotatable bonds is 4. The molecular weight excluding hydrogens is 447 g/mol. The number of imidazole rings is 1. The van der Waals surface area contributed by atoms with Crippen molar-refractivity contribution in [3.63, 3.8) is 0 Å². The molecule has 4 aromatic rings. The molecule has 2 aromatic heterocycles. The van der Waals surface area contributed by atoms with E-state index in [-0.39, 0.29) is 27.8 Å². The Kier molecular flexibility index (Phi) is 5.12. The molecule has 0 fully saturated rings. The molecule has 3 N–H and O–H groups in total. The molecule has 6 nitrogen and oxygen atoms in total. The predicted octanol–water partition coefficient (Wildman–Crippen LogP) is 6.30. The van der Waals surface area contributed by atoms with Crippen molar-refractivity contribution < 1.29 is 17.6 Å². The number of nitrogens with zero attached hydrogens (tertiary/aromatic N) is 3. The summed E-state index contributed by atoms with van der Waals surface area (Å²) >= 11 is 11.8. The molecular formula is C18H10Cl2F4N6. The lowest BCUT2D eigenvalue weighted by Gasteiger charge is -2.10. The summed E-state index contributed by atoms with van der Waals surface area (Å²) in [5.74, 6) is -1.92. The van der Waals surface area contributed by atoms with Gasteiger partial charge in [-0.15, -0.1) is 0 Å². The molecule has 0 amide bonds. The van der Waals surface area contributed by atoms with E-state index in [9.17, 15) is 17.6 Å². The molecule has 0 bridgehead atoms. The molecule has 0 aliphatic heterocycles. The number of alkyl halides is 3. The molecule has 0 atom stereocenters. The van der Waals surface area contributed by atoms with Gasteiger partial charge in [0, 0.05) is 11.4 Å². The lowest BCUT2D eigenvalue weighted by Crippen LogP contribution is -2.06. The molecule has 154 valence electrons. The summed E-state index contributed by atoms with van der Waals surface area (Å²) in [6, 6.07) is 8.95. The highest BCUT2D eigenvalue weighted by Gasteiger charge is 2.34. The van der Waals surface area contributed by atoms with Crippen molar-refractivity contribution in [2.45, 2.75) is 6.18 Å². The van der Waals surface area contributed by atoms with Crippen molar-refractivity contribution in [3.05, 3.63) is 64.3 Å². The fourth-order valence-electron chi connectivity index (χ4n) is 2.58. The number of aromatic amines is 1. The van der Waals surface area contributed by atoms with Crippen LogP contribution in [0, 0.1) is 5.82 Å². The summed E-state index contributed by atoms with van der Waals surface area (Å²) in [4.78, 5) is 13.6. The molecule has 0 aliphatic rings. The van der Waals surface area contributed by atoms with Crippen LogP contribution in [0.15, 0.2) is 42.6 Å². The average Bonchev–Trinajstić information content (AvgIpc) is 3.11. The average molecular weight is 457 g/mol. The van der Waals surface area contributed by atoms with Gasteiger partial charge in [0.15, 0.2) is 11.6 Å². The smallest absolute Gasteiger partial charge is 0.338 e. The SMILES string of the molecule is Fc1cnc(Nc2ccc3nc(C(F)(F)F)[nH]c3c2)nc1Nc1ccc(Cl)c(Cl)c1. The predicted molar refractivity (Wildman–Crippen MR) is 106 cm³/mol. The molecule has 0 aliphatic carbocycles. The zero-order valence-corrected chi connectivity index (χ0v) is 16.2. The molecule has 12 heteroatoms. The van der Waals surface area contributed by atoms with Crippen LogP contribution < -0.4 is 10.6 Å². The topological polar surface area (TPSA) is 78.5 Å². The molecule has 0 unspecified atom stereocenters. The largest absolute Gasteiger partial charge is 0.449 e. The van der Waals surface area contributed by atoms with Gasteiger partial charge in [-0.25, -0.2) is 14.4 Å². The third kappa shape index (κ3) is 4.24. The summed E-state index contributed by atoms with van der Waals surface area (Å²) in [6.07, 6.45) is -3.64. The molecule has 0 saturated heterocycles. The van der Waals surface area contributed by atoms with E-state index in [0.29, 0.717) is 16.4 Å². The van der Waals surface area contributed by atoms with Crippen LogP contribution >= 0.6 is 23.2 Å². The summed E-state index contributed by atoms with van der Waals surface area (Å²) in [5, 5.41) is 6.20. The second-order valence-electron chi connectivity index (χ2n) is 6.08. The Labute approximate surface area is 176 Å². The van der Waals surface area contributed by atoms with Crippen molar-refractivity contribution >= 4 is 57.4 Å². The van der Waals surface area contributed by atoms with E-state index in [1.807, 2.05) is 0 Å². The highest BCUT2D eigenvalue weighted by molar-refractivity contribution is 6.42. The molecule has 0 spiro atoms. The van der Waals surface area contributed by atoms with E-state index < -0.39 is 17.8 Å². The van der Waals surface area contributed by atoms with Crippen LogP contribution in [-0.2, 0) is 6.18 Å². The van der Waals surface area contributed by atoms with Gasteiger partial charge in [0.1, 0.15) is 0 Å². The first kappa shape index (κ1) is 20.2. The van der Waals surface area contributed by atoms with Gasteiger partial charge in [-0.3, -0.25) is 0 Å². The van der Waals surface area contributed by atoms with Crippen LogP contribution in [0.5, 0.6) is 0 Å². The first-order valence-electron chi connectivity index (χ1n) is 8.27. The Hall–Kier alpha value is -3.11. The lowest BCUT2D eigenvalue weighted by molar-refractivity contribution is -0.144. The van der Waals surface area contributed by atoms with Gasteiger partial charge < -0.3 is 15.6 Å². The van der Waals surface area contributed by atoms with E-state index in [1.54, 1.807) is 12.1 Å². The highest BCUT2D eigenvalue weighted by Crippen LogP contribution is 2.30. The maximum absolute atomic E-state index is 14.1. The van der Waals surface area contributed by atoms with Crippen molar-refractivity contribution in [1.29, 1.82) is 0 Å². The minimum Gasteiger partial charge on any atom is -0.338 e. The summed E-state index contributed by atoms with van der Waals surface area (Å²) < 4.78 is 52.5. The Morgan fingerprint density at radius 2 is 1.63 bits per heavy atom. The Morgan fingerprint density at radius 1 is 0.900 bits per heavy atom.